The first-order chi connectivity index (χ1) is 15.6. The average molecular weight is 436 g/mol. The number of carbonyl (C=O) groups excluding carboxylic acids is 2. The average Bonchev–Trinajstić information content (AvgIpc) is 3.55. The van der Waals surface area contributed by atoms with E-state index in [2.05, 4.69) is 10.2 Å². The summed E-state index contributed by atoms with van der Waals surface area (Å²) in [7, 11) is 0. The fraction of sp³-hybridized carbons (Fsp3) is 0.440. The molecule has 32 heavy (non-hydrogen) atoms. The zero-order valence-corrected chi connectivity index (χ0v) is 18.1. The maximum Gasteiger partial charge on any atom is 0.255 e. The van der Waals surface area contributed by atoms with Crippen LogP contribution in [0, 0.1) is 5.92 Å². The summed E-state index contributed by atoms with van der Waals surface area (Å²) in [5.41, 5.74) is 8.35. The minimum atomic E-state index is -0.208. The summed E-state index contributed by atoms with van der Waals surface area (Å²) >= 11 is 0. The van der Waals surface area contributed by atoms with E-state index >= 15 is 0 Å². The van der Waals surface area contributed by atoms with Crippen LogP contribution in [0.4, 0.5) is 5.69 Å². The van der Waals surface area contributed by atoms with Crippen molar-refractivity contribution in [2.24, 2.45) is 11.7 Å². The summed E-state index contributed by atoms with van der Waals surface area (Å²) in [5.74, 6) is 1.50. The van der Waals surface area contributed by atoms with Gasteiger partial charge in [0.1, 0.15) is 0 Å². The summed E-state index contributed by atoms with van der Waals surface area (Å²) in [6, 6.07) is 13.4. The van der Waals surface area contributed by atoms with Gasteiger partial charge in [0.05, 0.1) is 0 Å². The Bertz CT molecular complexity index is 995. The number of nitrogens with one attached hydrogen (secondary N) is 1. The van der Waals surface area contributed by atoms with E-state index in [1.165, 1.54) is 0 Å². The zero-order valence-electron chi connectivity index (χ0n) is 18.1. The number of carbonyl (C=O) groups is 2. The van der Waals surface area contributed by atoms with Gasteiger partial charge in [0.25, 0.3) is 5.91 Å². The van der Waals surface area contributed by atoms with Crippen molar-refractivity contribution < 1.29 is 19.1 Å². The molecule has 1 heterocycles. The van der Waals surface area contributed by atoms with Gasteiger partial charge in [0.15, 0.2) is 11.5 Å². The normalized spacial score (nSPS) is 21.8. The third-order valence-electron chi connectivity index (χ3n) is 6.59. The molecule has 5 rings (SSSR count). The van der Waals surface area contributed by atoms with Crippen molar-refractivity contribution in [2.45, 2.75) is 57.2 Å². The highest BCUT2D eigenvalue weighted by molar-refractivity contribution is 6.04. The van der Waals surface area contributed by atoms with Gasteiger partial charge in [-0.05, 0) is 74.4 Å². The second-order valence-corrected chi connectivity index (χ2v) is 9.03. The lowest BCUT2D eigenvalue weighted by Gasteiger charge is -2.36. The Balaban J connectivity index is 1.24. The van der Waals surface area contributed by atoms with E-state index in [-0.39, 0.29) is 36.6 Å². The molecule has 0 atom stereocenters. The third-order valence-corrected chi connectivity index (χ3v) is 6.59. The number of nitrogens with two attached hydrogens (primary N) is 1. The molecular weight excluding hydrogens is 406 g/mol. The number of hydrogen-bond donors (Lipinski definition) is 2. The molecular formula is C25H29N3O4. The maximum absolute atomic E-state index is 13.0. The van der Waals surface area contributed by atoms with E-state index in [0.717, 1.165) is 44.1 Å². The topological polar surface area (TPSA) is 93.9 Å². The molecule has 2 amide bonds. The van der Waals surface area contributed by atoms with Gasteiger partial charge in [-0.3, -0.25) is 9.59 Å². The van der Waals surface area contributed by atoms with Crippen LogP contribution in [0.2, 0.25) is 0 Å². The Kier molecular flexibility index (Phi) is 5.74. The highest BCUT2D eigenvalue weighted by Crippen LogP contribution is 2.35. The first-order valence-electron chi connectivity index (χ1n) is 11.4. The standard InChI is InChI=1S/C25H29N3O4/c26-19-6-10-21(11-7-19)28(25(30)17-3-4-17)14-16-1-8-20(9-2-16)27-24(29)18-5-12-22-23(13-18)32-15-31-22/h1-2,5,8-9,12-13,17,19,21H,3-4,6-7,10-11,14-15,26H2,(H,27,29). The van der Waals surface area contributed by atoms with Crippen LogP contribution in [0.5, 0.6) is 11.5 Å². The summed E-state index contributed by atoms with van der Waals surface area (Å²) < 4.78 is 10.6. The highest BCUT2D eigenvalue weighted by atomic mass is 16.7. The van der Waals surface area contributed by atoms with E-state index in [9.17, 15) is 9.59 Å². The van der Waals surface area contributed by atoms with Gasteiger partial charge >= 0.3 is 0 Å². The molecule has 0 unspecified atom stereocenters. The van der Waals surface area contributed by atoms with Crippen LogP contribution in [-0.2, 0) is 11.3 Å². The Morgan fingerprint density at radius 1 is 0.938 bits per heavy atom. The van der Waals surface area contributed by atoms with Crippen molar-refractivity contribution in [1.82, 2.24) is 4.90 Å². The number of rotatable bonds is 6. The van der Waals surface area contributed by atoms with Crippen molar-refractivity contribution >= 4 is 17.5 Å². The molecule has 3 N–H and O–H groups in total. The smallest absolute Gasteiger partial charge is 0.255 e. The van der Waals surface area contributed by atoms with Gasteiger partial charge in [-0.25, -0.2) is 0 Å². The van der Waals surface area contributed by atoms with E-state index < -0.39 is 0 Å². The Morgan fingerprint density at radius 3 is 2.38 bits per heavy atom. The SMILES string of the molecule is NC1CCC(N(Cc2ccc(NC(=O)c3ccc4c(c3)OCO4)cc2)C(=O)C2CC2)CC1. The van der Waals surface area contributed by atoms with E-state index in [1.807, 2.05) is 24.3 Å². The number of anilines is 1. The number of benzene rings is 2. The molecule has 3 aliphatic rings. The molecule has 0 saturated heterocycles. The lowest BCUT2D eigenvalue weighted by molar-refractivity contribution is -0.136. The van der Waals surface area contributed by atoms with Crippen LogP contribution in [0.3, 0.4) is 0 Å². The van der Waals surface area contributed by atoms with E-state index in [1.54, 1.807) is 18.2 Å². The van der Waals surface area contributed by atoms with Crippen LogP contribution in [-0.4, -0.2) is 35.6 Å². The van der Waals surface area contributed by atoms with E-state index in [0.29, 0.717) is 29.3 Å². The molecule has 0 spiro atoms. The van der Waals surface area contributed by atoms with Crippen LogP contribution in [0.25, 0.3) is 0 Å². The number of fused-ring (bicyclic) bond motifs is 1. The van der Waals surface area contributed by atoms with Gasteiger partial charge in [-0.2, -0.15) is 0 Å². The summed E-state index contributed by atoms with van der Waals surface area (Å²) in [6.45, 7) is 0.779. The molecule has 2 aromatic rings. The predicted molar refractivity (Wildman–Crippen MR) is 120 cm³/mol. The largest absolute Gasteiger partial charge is 0.454 e. The van der Waals surface area contributed by atoms with Crippen LogP contribution in [0.15, 0.2) is 42.5 Å². The minimum absolute atomic E-state index is 0.176. The third kappa shape index (κ3) is 4.58. The number of amides is 2. The summed E-state index contributed by atoms with van der Waals surface area (Å²) in [5, 5.41) is 2.92. The van der Waals surface area contributed by atoms with Crippen molar-refractivity contribution in [3.63, 3.8) is 0 Å². The quantitative estimate of drug-likeness (QED) is 0.722. The Hall–Kier alpha value is -3.06. The van der Waals surface area contributed by atoms with Crippen molar-refractivity contribution in [3.8, 4) is 11.5 Å². The Labute approximate surface area is 187 Å². The first kappa shape index (κ1) is 20.8. The van der Waals surface area contributed by atoms with Crippen molar-refractivity contribution in [2.75, 3.05) is 12.1 Å². The van der Waals surface area contributed by atoms with Crippen molar-refractivity contribution in [3.05, 3.63) is 53.6 Å². The molecule has 2 fully saturated rings. The molecule has 2 aliphatic carbocycles. The monoisotopic (exact) mass is 435 g/mol. The molecule has 0 aromatic heterocycles. The number of hydrogen-bond acceptors (Lipinski definition) is 5. The number of nitrogens with zero attached hydrogens (tertiary/aromatic N) is 1. The van der Waals surface area contributed by atoms with Crippen molar-refractivity contribution in [1.29, 1.82) is 0 Å². The molecule has 7 heteroatoms. The molecule has 0 radical (unpaired) electrons. The first-order valence-corrected chi connectivity index (χ1v) is 11.4. The van der Waals surface area contributed by atoms with E-state index in [4.69, 9.17) is 15.2 Å². The lowest BCUT2D eigenvalue weighted by Crippen LogP contribution is -2.44. The van der Waals surface area contributed by atoms with Gasteiger partial charge in [-0.15, -0.1) is 0 Å². The number of ether oxygens (including phenoxy) is 2. The van der Waals surface area contributed by atoms with Crippen LogP contribution >= 0.6 is 0 Å². The summed E-state index contributed by atoms with van der Waals surface area (Å²) in [6.07, 6.45) is 5.92. The summed E-state index contributed by atoms with van der Waals surface area (Å²) in [4.78, 5) is 27.6. The molecule has 1 aliphatic heterocycles. The van der Waals surface area contributed by atoms with Gasteiger partial charge in [0, 0.05) is 35.8 Å². The van der Waals surface area contributed by atoms with Crippen LogP contribution < -0.4 is 20.5 Å². The van der Waals surface area contributed by atoms with Crippen LogP contribution in [0.1, 0.15) is 54.4 Å². The predicted octanol–water partition coefficient (Wildman–Crippen LogP) is 3.68. The fourth-order valence-electron chi connectivity index (χ4n) is 4.50. The molecule has 0 bridgehead atoms. The minimum Gasteiger partial charge on any atom is -0.454 e. The van der Waals surface area contributed by atoms with Gasteiger partial charge < -0.3 is 25.4 Å². The van der Waals surface area contributed by atoms with Gasteiger partial charge in [0.2, 0.25) is 12.7 Å². The lowest BCUT2D eigenvalue weighted by atomic mass is 9.90. The highest BCUT2D eigenvalue weighted by Gasteiger charge is 2.37. The fourth-order valence-corrected chi connectivity index (χ4v) is 4.50. The molecule has 7 nitrogen and oxygen atoms in total. The molecule has 2 aromatic carbocycles. The maximum atomic E-state index is 13.0. The second kappa shape index (κ2) is 8.82. The Morgan fingerprint density at radius 2 is 1.66 bits per heavy atom. The second-order valence-electron chi connectivity index (χ2n) is 9.03. The van der Waals surface area contributed by atoms with Gasteiger partial charge in [-0.1, -0.05) is 12.1 Å². The zero-order chi connectivity index (χ0) is 22.1. The molecule has 168 valence electrons. The molecule has 2 saturated carbocycles.